The third kappa shape index (κ3) is 2.76. The molecule has 2 aromatic rings. The number of halogens is 3. The van der Waals surface area contributed by atoms with Crippen LogP contribution in [-0.2, 0) is 0 Å². The van der Waals surface area contributed by atoms with E-state index in [1.54, 1.807) is 12.1 Å². The Labute approximate surface area is 120 Å². The summed E-state index contributed by atoms with van der Waals surface area (Å²) in [5.41, 5.74) is 0.506. The van der Waals surface area contributed by atoms with Gasteiger partial charge in [0.1, 0.15) is 0 Å². The summed E-state index contributed by atoms with van der Waals surface area (Å²) in [6.45, 7) is 0. The van der Waals surface area contributed by atoms with Crippen LogP contribution in [0.5, 0.6) is 0 Å². The number of hydrogen-bond donors (Lipinski definition) is 1. The van der Waals surface area contributed by atoms with Crippen LogP contribution in [0.2, 0.25) is 0 Å². The largest absolute Gasteiger partial charge is 0.320 e. The molecule has 1 N–H and O–H groups in total. The monoisotopic (exact) mass is 372 g/mol. The summed E-state index contributed by atoms with van der Waals surface area (Å²) in [4.78, 5) is 15.5. The highest BCUT2D eigenvalue weighted by Gasteiger charge is 2.14. The molecule has 0 saturated heterocycles. The number of nitrogens with one attached hydrogen (secondary N) is 1. The number of aromatic nitrogens is 1. The van der Waals surface area contributed by atoms with Gasteiger partial charge in [-0.1, -0.05) is 6.07 Å². The molecular weight excluding hydrogens is 367 g/mol. The van der Waals surface area contributed by atoms with Gasteiger partial charge in [0.25, 0.3) is 5.91 Å². The van der Waals surface area contributed by atoms with E-state index in [4.69, 9.17) is 0 Å². The molecule has 0 unspecified atom stereocenters. The normalized spacial score (nSPS) is 10.2. The lowest BCUT2D eigenvalue weighted by Gasteiger charge is -2.09. The Morgan fingerprint density at radius 2 is 1.89 bits per heavy atom. The number of benzene rings is 1. The van der Waals surface area contributed by atoms with Crippen LogP contribution in [0.15, 0.2) is 45.6 Å². The average molecular weight is 374 g/mol. The van der Waals surface area contributed by atoms with E-state index in [9.17, 15) is 9.18 Å². The molecule has 2 rings (SSSR count). The van der Waals surface area contributed by atoms with Crippen molar-refractivity contribution in [3.8, 4) is 0 Å². The summed E-state index contributed by atoms with van der Waals surface area (Å²) < 4.78 is 14.8. The summed E-state index contributed by atoms with van der Waals surface area (Å²) in [6.07, 6.45) is 2.37. The number of anilines is 1. The quantitative estimate of drug-likeness (QED) is 0.864. The van der Waals surface area contributed by atoms with Crippen LogP contribution < -0.4 is 5.32 Å². The molecule has 1 aromatic heterocycles. The predicted molar refractivity (Wildman–Crippen MR) is 74.0 cm³/mol. The summed E-state index contributed by atoms with van der Waals surface area (Å²) in [6, 6.07) is 6.71. The van der Waals surface area contributed by atoms with Crippen LogP contribution in [0.1, 0.15) is 10.4 Å². The first-order valence-corrected chi connectivity index (χ1v) is 6.53. The first-order valence-electron chi connectivity index (χ1n) is 4.94. The molecule has 1 heterocycles. The minimum absolute atomic E-state index is 0.0485. The van der Waals surface area contributed by atoms with Gasteiger partial charge in [0.2, 0.25) is 0 Å². The van der Waals surface area contributed by atoms with E-state index >= 15 is 0 Å². The topological polar surface area (TPSA) is 42.0 Å². The molecule has 0 aliphatic heterocycles. The molecular formula is C12H7Br2FN2O. The lowest BCUT2D eigenvalue weighted by Crippen LogP contribution is -2.14. The van der Waals surface area contributed by atoms with Crippen LogP contribution in [0.25, 0.3) is 0 Å². The van der Waals surface area contributed by atoms with E-state index in [0.29, 0.717) is 14.6 Å². The van der Waals surface area contributed by atoms with E-state index in [2.05, 4.69) is 42.2 Å². The van der Waals surface area contributed by atoms with Crippen LogP contribution in [0, 0.1) is 5.82 Å². The average Bonchev–Trinajstić information content (AvgIpc) is 2.34. The zero-order valence-electron chi connectivity index (χ0n) is 8.95. The molecule has 18 heavy (non-hydrogen) atoms. The second kappa shape index (κ2) is 5.58. The van der Waals surface area contributed by atoms with E-state index in [1.807, 2.05) is 6.07 Å². The molecule has 6 heteroatoms. The molecule has 0 bridgehead atoms. The van der Waals surface area contributed by atoms with Gasteiger partial charge in [-0.25, -0.2) is 4.39 Å². The fourth-order valence-corrected chi connectivity index (χ4v) is 2.55. The van der Waals surface area contributed by atoms with E-state index in [0.717, 1.165) is 6.20 Å². The van der Waals surface area contributed by atoms with E-state index < -0.39 is 11.7 Å². The molecule has 0 saturated carbocycles. The molecule has 92 valence electrons. The standard InChI is InChI=1S/C12H7Br2FN2O/c13-8-2-1-3-9(14)11(8)17-12(18)7-4-5-16-6-10(7)15/h1-6H,(H,17,18). The Morgan fingerprint density at radius 3 is 2.50 bits per heavy atom. The lowest BCUT2D eigenvalue weighted by molar-refractivity contribution is 0.102. The number of carbonyl (C=O) groups is 1. The molecule has 0 atom stereocenters. The van der Waals surface area contributed by atoms with Crippen molar-refractivity contribution in [3.05, 3.63) is 57.0 Å². The highest BCUT2D eigenvalue weighted by atomic mass is 79.9. The van der Waals surface area contributed by atoms with Crippen molar-refractivity contribution in [2.75, 3.05) is 5.32 Å². The van der Waals surface area contributed by atoms with Gasteiger partial charge in [-0.2, -0.15) is 0 Å². The molecule has 0 aliphatic rings. The zero-order valence-corrected chi connectivity index (χ0v) is 12.1. The van der Waals surface area contributed by atoms with Gasteiger partial charge in [-0.15, -0.1) is 0 Å². The number of rotatable bonds is 2. The zero-order chi connectivity index (χ0) is 13.1. The minimum atomic E-state index is -0.654. The van der Waals surface area contributed by atoms with Gasteiger partial charge >= 0.3 is 0 Å². The maximum atomic E-state index is 13.4. The summed E-state index contributed by atoms with van der Waals surface area (Å²) in [5, 5.41) is 2.64. The Kier molecular flexibility index (Phi) is 4.08. The molecule has 0 aliphatic carbocycles. The minimum Gasteiger partial charge on any atom is -0.320 e. The fraction of sp³-hybridized carbons (Fsp3) is 0. The summed E-state index contributed by atoms with van der Waals surface area (Å²) in [7, 11) is 0. The molecule has 0 radical (unpaired) electrons. The first-order chi connectivity index (χ1) is 8.59. The molecule has 1 aromatic carbocycles. The van der Waals surface area contributed by atoms with Gasteiger partial charge in [0.05, 0.1) is 17.4 Å². The van der Waals surface area contributed by atoms with Crippen molar-refractivity contribution >= 4 is 43.5 Å². The van der Waals surface area contributed by atoms with Gasteiger partial charge in [-0.05, 0) is 50.1 Å². The fourth-order valence-electron chi connectivity index (χ4n) is 1.36. The number of nitrogens with zero attached hydrogens (tertiary/aromatic N) is 1. The van der Waals surface area contributed by atoms with Gasteiger partial charge in [-0.3, -0.25) is 9.78 Å². The lowest BCUT2D eigenvalue weighted by atomic mass is 10.2. The second-order valence-corrected chi connectivity index (χ2v) is 5.11. The number of carbonyl (C=O) groups excluding carboxylic acids is 1. The van der Waals surface area contributed by atoms with Crippen LogP contribution in [0.3, 0.4) is 0 Å². The van der Waals surface area contributed by atoms with E-state index in [1.165, 1.54) is 12.3 Å². The third-order valence-electron chi connectivity index (χ3n) is 2.22. The first kappa shape index (κ1) is 13.2. The van der Waals surface area contributed by atoms with Gasteiger partial charge in [0.15, 0.2) is 5.82 Å². The van der Waals surface area contributed by atoms with Crippen LogP contribution in [0.4, 0.5) is 10.1 Å². The van der Waals surface area contributed by atoms with E-state index in [-0.39, 0.29) is 5.56 Å². The van der Waals surface area contributed by atoms with Crippen LogP contribution in [-0.4, -0.2) is 10.9 Å². The van der Waals surface area contributed by atoms with Crippen molar-refractivity contribution < 1.29 is 9.18 Å². The Hall–Kier alpha value is -1.27. The molecule has 0 fully saturated rings. The third-order valence-corrected chi connectivity index (χ3v) is 3.54. The highest BCUT2D eigenvalue weighted by Crippen LogP contribution is 2.30. The number of pyridine rings is 1. The predicted octanol–water partition coefficient (Wildman–Crippen LogP) is 4.00. The Morgan fingerprint density at radius 1 is 1.22 bits per heavy atom. The molecule has 3 nitrogen and oxygen atoms in total. The van der Waals surface area contributed by atoms with Gasteiger partial charge in [0, 0.05) is 15.1 Å². The smallest absolute Gasteiger partial charge is 0.258 e. The highest BCUT2D eigenvalue weighted by molar-refractivity contribution is 9.11. The van der Waals surface area contributed by atoms with Crippen molar-refractivity contribution in [3.63, 3.8) is 0 Å². The van der Waals surface area contributed by atoms with Crippen molar-refractivity contribution in [2.45, 2.75) is 0 Å². The van der Waals surface area contributed by atoms with Crippen molar-refractivity contribution in [2.24, 2.45) is 0 Å². The summed E-state index contributed by atoms with van der Waals surface area (Å²) >= 11 is 6.63. The maximum Gasteiger partial charge on any atom is 0.258 e. The molecule has 0 spiro atoms. The van der Waals surface area contributed by atoms with Crippen molar-refractivity contribution in [1.29, 1.82) is 0 Å². The SMILES string of the molecule is O=C(Nc1c(Br)cccc1Br)c1ccncc1F. The molecule has 1 amide bonds. The maximum absolute atomic E-state index is 13.4. The number of hydrogen-bond acceptors (Lipinski definition) is 2. The Balaban J connectivity index is 2.30. The van der Waals surface area contributed by atoms with Crippen LogP contribution >= 0.6 is 31.9 Å². The number of para-hydroxylation sites is 1. The summed E-state index contributed by atoms with van der Waals surface area (Å²) in [5.74, 6) is -1.18. The second-order valence-electron chi connectivity index (χ2n) is 3.41. The number of amides is 1. The van der Waals surface area contributed by atoms with Gasteiger partial charge < -0.3 is 5.32 Å². The Bertz CT molecular complexity index is 584. The van der Waals surface area contributed by atoms with Crippen molar-refractivity contribution in [1.82, 2.24) is 4.98 Å².